The molecular formula is C14H16BrNO2. The summed E-state index contributed by atoms with van der Waals surface area (Å²) in [6.45, 7) is 0.643. The van der Waals surface area contributed by atoms with Crippen LogP contribution >= 0.6 is 15.9 Å². The second-order valence-corrected chi connectivity index (χ2v) is 4.62. The van der Waals surface area contributed by atoms with Gasteiger partial charge in [0, 0.05) is 18.5 Å². The Labute approximate surface area is 116 Å². The second-order valence-electron chi connectivity index (χ2n) is 3.77. The van der Waals surface area contributed by atoms with Crippen LogP contribution in [0.25, 0.3) is 0 Å². The lowest BCUT2D eigenvalue weighted by Crippen LogP contribution is -2.24. The van der Waals surface area contributed by atoms with Crippen LogP contribution in [-0.2, 0) is 0 Å². The lowest BCUT2D eigenvalue weighted by Gasteiger charge is -2.07. The Morgan fingerprint density at radius 2 is 2.28 bits per heavy atom. The van der Waals surface area contributed by atoms with Gasteiger partial charge in [0.15, 0.2) is 0 Å². The summed E-state index contributed by atoms with van der Waals surface area (Å²) in [6, 6.07) is 5.24. The molecule has 1 rings (SSSR count). The smallest absolute Gasteiger partial charge is 0.251 e. The number of amides is 1. The number of unbranched alkanes of at least 4 members (excludes halogenated alkanes) is 2. The minimum absolute atomic E-state index is 0.0842. The first kappa shape index (κ1) is 14.6. The van der Waals surface area contributed by atoms with E-state index in [4.69, 9.17) is 11.2 Å². The molecule has 1 aromatic rings. The first-order valence-electron chi connectivity index (χ1n) is 5.74. The predicted molar refractivity (Wildman–Crippen MR) is 75.7 cm³/mol. The molecule has 0 aromatic heterocycles. The van der Waals surface area contributed by atoms with Gasteiger partial charge in [-0.15, -0.1) is 12.3 Å². The molecule has 3 nitrogen and oxygen atoms in total. The van der Waals surface area contributed by atoms with Gasteiger partial charge in [-0.2, -0.15) is 0 Å². The SMILES string of the molecule is C#CCCCCNC(=O)c1ccc(OC)c(Br)c1. The Bertz CT molecular complexity index is 452. The number of benzene rings is 1. The maximum Gasteiger partial charge on any atom is 0.251 e. The molecule has 1 N–H and O–H groups in total. The number of carbonyl (C=O) groups excluding carboxylic acids is 1. The number of methoxy groups -OCH3 is 1. The van der Waals surface area contributed by atoms with Crippen molar-refractivity contribution >= 4 is 21.8 Å². The molecule has 0 aliphatic heterocycles. The number of rotatable bonds is 6. The molecule has 0 heterocycles. The number of hydrogen-bond donors (Lipinski definition) is 1. The van der Waals surface area contributed by atoms with Crippen LogP contribution in [0.15, 0.2) is 22.7 Å². The maximum absolute atomic E-state index is 11.8. The number of terminal acetylenes is 1. The van der Waals surface area contributed by atoms with Crippen molar-refractivity contribution in [3.05, 3.63) is 28.2 Å². The lowest BCUT2D eigenvalue weighted by atomic mass is 10.2. The molecule has 1 aromatic carbocycles. The van der Waals surface area contributed by atoms with E-state index >= 15 is 0 Å². The quantitative estimate of drug-likeness (QED) is 0.648. The molecule has 18 heavy (non-hydrogen) atoms. The van der Waals surface area contributed by atoms with Crippen LogP contribution < -0.4 is 10.1 Å². The Morgan fingerprint density at radius 1 is 1.50 bits per heavy atom. The molecular weight excluding hydrogens is 294 g/mol. The average molecular weight is 310 g/mol. The van der Waals surface area contributed by atoms with E-state index in [1.807, 2.05) is 0 Å². The number of carbonyl (C=O) groups is 1. The van der Waals surface area contributed by atoms with E-state index in [0.29, 0.717) is 17.9 Å². The van der Waals surface area contributed by atoms with Crippen LogP contribution in [0, 0.1) is 12.3 Å². The fourth-order valence-corrected chi connectivity index (χ4v) is 2.00. The van der Waals surface area contributed by atoms with Gasteiger partial charge in [-0.3, -0.25) is 4.79 Å². The molecule has 96 valence electrons. The topological polar surface area (TPSA) is 38.3 Å². The van der Waals surface area contributed by atoms with Crippen molar-refractivity contribution in [2.24, 2.45) is 0 Å². The summed E-state index contributed by atoms with van der Waals surface area (Å²) < 4.78 is 5.88. The summed E-state index contributed by atoms with van der Waals surface area (Å²) in [5.74, 6) is 3.20. The van der Waals surface area contributed by atoms with Crippen molar-refractivity contribution in [3.63, 3.8) is 0 Å². The van der Waals surface area contributed by atoms with E-state index in [1.54, 1.807) is 25.3 Å². The molecule has 0 spiro atoms. The van der Waals surface area contributed by atoms with Crippen molar-refractivity contribution in [2.75, 3.05) is 13.7 Å². The minimum atomic E-state index is -0.0842. The normalized spacial score (nSPS) is 9.61. The van der Waals surface area contributed by atoms with E-state index in [1.165, 1.54) is 0 Å². The fourth-order valence-electron chi connectivity index (χ4n) is 1.46. The van der Waals surface area contributed by atoms with Crippen molar-refractivity contribution in [1.29, 1.82) is 0 Å². The predicted octanol–water partition coefficient (Wildman–Crippen LogP) is 2.99. The zero-order chi connectivity index (χ0) is 13.4. The third-order valence-electron chi connectivity index (χ3n) is 2.45. The Kier molecular flexibility index (Phi) is 6.31. The molecule has 0 saturated carbocycles. The molecule has 0 atom stereocenters. The number of halogens is 1. The number of hydrogen-bond acceptors (Lipinski definition) is 2. The van der Waals surface area contributed by atoms with Gasteiger partial charge in [0.1, 0.15) is 5.75 Å². The molecule has 0 aliphatic carbocycles. The van der Waals surface area contributed by atoms with E-state index < -0.39 is 0 Å². The Balaban J connectivity index is 2.47. The third-order valence-corrected chi connectivity index (χ3v) is 3.07. The largest absolute Gasteiger partial charge is 0.496 e. The van der Waals surface area contributed by atoms with Crippen LogP contribution in [0.1, 0.15) is 29.6 Å². The fraction of sp³-hybridized carbons (Fsp3) is 0.357. The molecule has 4 heteroatoms. The van der Waals surface area contributed by atoms with Crippen LogP contribution in [0.2, 0.25) is 0 Å². The first-order valence-corrected chi connectivity index (χ1v) is 6.53. The van der Waals surface area contributed by atoms with Gasteiger partial charge in [-0.1, -0.05) is 0 Å². The summed E-state index contributed by atoms with van der Waals surface area (Å²) in [4.78, 5) is 11.8. The van der Waals surface area contributed by atoms with E-state index in [9.17, 15) is 4.79 Å². The maximum atomic E-state index is 11.8. The molecule has 0 fully saturated rings. The summed E-state index contributed by atoms with van der Waals surface area (Å²) in [6.07, 6.45) is 7.73. The Hall–Kier alpha value is -1.47. The zero-order valence-corrected chi connectivity index (χ0v) is 11.9. The molecule has 0 bridgehead atoms. The highest BCUT2D eigenvalue weighted by Crippen LogP contribution is 2.25. The summed E-state index contributed by atoms with van der Waals surface area (Å²) >= 11 is 3.35. The van der Waals surface area contributed by atoms with Gasteiger partial charge in [0.05, 0.1) is 11.6 Å². The van der Waals surface area contributed by atoms with Crippen LogP contribution in [0.5, 0.6) is 5.75 Å². The van der Waals surface area contributed by atoms with Gasteiger partial charge in [-0.25, -0.2) is 0 Å². The van der Waals surface area contributed by atoms with Crippen molar-refractivity contribution in [2.45, 2.75) is 19.3 Å². The van der Waals surface area contributed by atoms with Crippen molar-refractivity contribution in [1.82, 2.24) is 5.32 Å². The molecule has 0 aliphatic rings. The highest BCUT2D eigenvalue weighted by atomic mass is 79.9. The highest BCUT2D eigenvalue weighted by molar-refractivity contribution is 9.10. The molecule has 0 unspecified atom stereocenters. The monoisotopic (exact) mass is 309 g/mol. The van der Waals surface area contributed by atoms with Crippen LogP contribution in [0.4, 0.5) is 0 Å². The lowest BCUT2D eigenvalue weighted by molar-refractivity contribution is 0.0953. The van der Waals surface area contributed by atoms with Gasteiger partial charge < -0.3 is 10.1 Å². The zero-order valence-electron chi connectivity index (χ0n) is 10.3. The standard InChI is InChI=1S/C14H16BrNO2/c1-3-4-5-6-9-16-14(17)11-7-8-13(18-2)12(15)10-11/h1,7-8,10H,4-6,9H2,2H3,(H,16,17). The third kappa shape index (κ3) is 4.42. The Morgan fingerprint density at radius 3 is 2.89 bits per heavy atom. The summed E-state index contributed by atoms with van der Waals surface area (Å²) in [5.41, 5.74) is 0.611. The molecule has 1 amide bonds. The van der Waals surface area contributed by atoms with Gasteiger partial charge in [0.25, 0.3) is 5.91 Å². The summed E-state index contributed by atoms with van der Waals surface area (Å²) in [7, 11) is 1.59. The number of nitrogens with one attached hydrogen (secondary N) is 1. The van der Waals surface area contributed by atoms with Crippen molar-refractivity contribution in [3.8, 4) is 18.1 Å². The second kappa shape index (κ2) is 7.78. The van der Waals surface area contributed by atoms with E-state index in [-0.39, 0.29) is 5.91 Å². The first-order chi connectivity index (χ1) is 8.69. The van der Waals surface area contributed by atoms with Crippen LogP contribution in [-0.4, -0.2) is 19.6 Å². The number of ether oxygens (including phenoxy) is 1. The minimum Gasteiger partial charge on any atom is -0.496 e. The van der Waals surface area contributed by atoms with Gasteiger partial charge in [0.2, 0.25) is 0 Å². The van der Waals surface area contributed by atoms with Crippen LogP contribution in [0.3, 0.4) is 0 Å². The van der Waals surface area contributed by atoms with E-state index in [0.717, 1.165) is 23.7 Å². The van der Waals surface area contributed by atoms with Gasteiger partial charge >= 0.3 is 0 Å². The molecule has 0 radical (unpaired) electrons. The summed E-state index contributed by atoms with van der Waals surface area (Å²) in [5, 5.41) is 2.85. The molecule has 0 saturated heterocycles. The van der Waals surface area contributed by atoms with Gasteiger partial charge in [-0.05, 0) is 47.0 Å². The average Bonchev–Trinajstić information content (AvgIpc) is 2.38. The van der Waals surface area contributed by atoms with E-state index in [2.05, 4.69) is 27.2 Å². The highest BCUT2D eigenvalue weighted by Gasteiger charge is 2.07. The van der Waals surface area contributed by atoms with Crippen molar-refractivity contribution < 1.29 is 9.53 Å².